The number of anilines is 1. The summed E-state index contributed by atoms with van der Waals surface area (Å²) in [6.45, 7) is 6.69. The van der Waals surface area contributed by atoms with Crippen molar-refractivity contribution in [1.82, 2.24) is 10.3 Å². The Morgan fingerprint density at radius 1 is 1.52 bits per heavy atom. The van der Waals surface area contributed by atoms with Gasteiger partial charge in [-0.25, -0.2) is 4.98 Å². The Morgan fingerprint density at radius 2 is 2.38 bits per heavy atom. The molecule has 0 spiro atoms. The first-order valence-corrected chi connectivity index (χ1v) is 8.22. The van der Waals surface area contributed by atoms with Gasteiger partial charge in [-0.1, -0.05) is 18.5 Å². The quantitative estimate of drug-likeness (QED) is 0.785. The lowest BCUT2D eigenvalue weighted by Crippen LogP contribution is -2.31. The van der Waals surface area contributed by atoms with E-state index >= 15 is 0 Å². The van der Waals surface area contributed by atoms with Crippen molar-refractivity contribution in [2.24, 2.45) is 5.92 Å². The van der Waals surface area contributed by atoms with Crippen LogP contribution in [-0.4, -0.2) is 38.3 Å². The van der Waals surface area contributed by atoms with Gasteiger partial charge in [-0.05, 0) is 43.4 Å². The van der Waals surface area contributed by atoms with Gasteiger partial charge in [-0.15, -0.1) is 0 Å². The van der Waals surface area contributed by atoms with Crippen LogP contribution < -0.4 is 10.2 Å². The SMILES string of the molecule is CCCNCc1cnc(N(C)CC2CCCOC2)c(Cl)c1. The smallest absolute Gasteiger partial charge is 0.147 e. The molecule has 1 N–H and O–H groups in total. The van der Waals surface area contributed by atoms with Crippen LogP contribution >= 0.6 is 11.6 Å². The molecule has 1 aliphatic rings. The van der Waals surface area contributed by atoms with E-state index in [2.05, 4.69) is 29.2 Å². The molecule has 118 valence electrons. The minimum absolute atomic E-state index is 0.576. The fourth-order valence-corrected chi connectivity index (χ4v) is 3.02. The van der Waals surface area contributed by atoms with Crippen LogP contribution in [0.1, 0.15) is 31.7 Å². The normalized spacial score (nSPS) is 18.7. The van der Waals surface area contributed by atoms with Crippen LogP contribution in [0.3, 0.4) is 0 Å². The van der Waals surface area contributed by atoms with Crippen molar-refractivity contribution in [1.29, 1.82) is 0 Å². The third-order valence-corrected chi connectivity index (χ3v) is 4.06. The highest BCUT2D eigenvalue weighted by Gasteiger charge is 2.18. The predicted octanol–water partition coefficient (Wildman–Crippen LogP) is 3.10. The lowest BCUT2D eigenvalue weighted by molar-refractivity contribution is 0.0576. The number of rotatable bonds is 7. The van der Waals surface area contributed by atoms with Gasteiger partial charge in [0.15, 0.2) is 0 Å². The summed E-state index contributed by atoms with van der Waals surface area (Å²) >= 11 is 6.39. The average Bonchev–Trinajstić information content (AvgIpc) is 2.48. The fourth-order valence-electron chi connectivity index (χ4n) is 2.68. The van der Waals surface area contributed by atoms with Gasteiger partial charge in [-0.3, -0.25) is 0 Å². The van der Waals surface area contributed by atoms with E-state index in [1.807, 2.05) is 12.3 Å². The Bertz CT molecular complexity index is 436. The van der Waals surface area contributed by atoms with Crippen molar-refractivity contribution >= 4 is 17.4 Å². The number of nitrogens with one attached hydrogen (secondary N) is 1. The van der Waals surface area contributed by atoms with Gasteiger partial charge in [0.1, 0.15) is 5.82 Å². The van der Waals surface area contributed by atoms with Crippen molar-refractivity contribution in [3.8, 4) is 0 Å². The summed E-state index contributed by atoms with van der Waals surface area (Å²) in [5.74, 6) is 1.44. The van der Waals surface area contributed by atoms with E-state index in [-0.39, 0.29) is 0 Å². The van der Waals surface area contributed by atoms with Crippen LogP contribution in [0, 0.1) is 5.92 Å². The molecule has 0 radical (unpaired) electrons. The molecule has 0 aromatic carbocycles. The van der Waals surface area contributed by atoms with Gasteiger partial charge in [0.2, 0.25) is 0 Å². The average molecular weight is 312 g/mol. The zero-order chi connectivity index (χ0) is 15.1. The second-order valence-electron chi connectivity index (χ2n) is 5.79. The van der Waals surface area contributed by atoms with Crippen molar-refractivity contribution in [3.63, 3.8) is 0 Å². The molecule has 0 aliphatic carbocycles. The molecule has 4 nitrogen and oxygen atoms in total. The molecule has 1 aromatic rings. The van der Waals surface area contributed by atoms with Gasteiger partial charge >= 0.3 is 0 Å². The molecule has 2 rings (SSSR count). The van der Waals surface area contributed by atoms with Crippen molar-refractivity contribution in [3.05, 3.63) is 22.8 Å². The highest BCUT2D eigenvalue weighted by molar-refractivity contribution is 6.33. The third kappa shape index (κ3) is 5.13. The van der Waals surface area contributed by atoms with Crippen LogP contribution in [0.15, 0.2) is 12.3 Å². The van der Waals surface area contributed by atoms with E-state index in [0.29, 0.717) is 5.92 Å². The van der Waals surface area contributed by atoms with Gasteiger partial charge < -0.3 is 15.0 Å². The Hall–Kier alpha value is -0.840. The van der Waals surface area contributed by atoms with Gasteiger partial charge in [-0.2, -0.15) is 0 Å². The lowest BCUT2D eigenvalue weighted by atomic mass is 10.0. The summed E-state index contributed by atoms with van der Waals surface area (Å²) in [6, 6.07) is 2.01. The lowest BCUT2D eigenvalue weighted by Gasteiger charge is -2.28. The maximum atomic E-state index is 6.39. The molecule has 1 saturated heterocycles. The van der Waals surface area contributed by atoms with E-state index < -0.39 is 0 Å². The van der Waals surface area contributed by atoms with Gasteiger partial charge in [0.25, 0.3) is 0 Å². The summed E-state index contributed by atoms with van der Waals surface area (Å²) in [6.07, 6.45) is 5.42. The highest BCUT2D eigenvalue weighted by Crippen LogP contribution is 2.25. The number of aromatic nitrogens is 1. The molecule has 1 aromatic heterocycles. The predicted molar refractivity (Wildman–Crippen MR) is 88.1 cm³/mol. The fraction of sp³-hybridized carbons (Fsp3) is 0.688. The van der Waals surface area contributed by atoms with Crippen molar-refractivity contribution in [2.75, 3.05) is 38.3 Å². The summed E-state index contributed by atoms with van der Waals surface area (Å²) in [7, 11) is 2.05. The molecule has 5 heteroatoms. The summed E-state index contributed by atoms with van der Waals surface area (Å²) < 4.78 is 5.53. The molecule has 1 fully saturated rings. The zero-order valence-electron chi connectivity index (χ0n) is 13.1. The largest absolute Gasteiger partial charge is 0.381 e. The van der Waals surface area contributed by atoms with Gasteiger partial charge in [0, 0.05) is 32.9 Å². The number of hydrogen-bond donors (Lipinski definition) is 1. The number of hydrogen-bond acceptors (Lipinski definition) is 4. The van der Waals surface area contributed by atoms with Crippen LogP contribution in [0.25, 0.3) is 0 Å². The summed E-state index contributed by atoms with van der Waals surface area (Å²) in [4.78, 5) is 6.68. The van der Waals surface area contributed by atoms with E-state index in [4.69, 9.17) is 16.3 Å². The van der Waals surface area contributed by atoms with Crippen molar-refractivity contribution < 1.29 is 4.74 Å². The third-order valence-electron chi connectivity index (χ3n) is 3.78. The number of pyridine rings is 1. The maximum absolute atomic E-state index is 6.39. The monoisotopic (exact) mass is 311 g/mol. The minimum atomic E-state index is 0.576. The molecule has 2 heterocycles. The maximum Gasteiger partial charge on any atom is 0.147 e. The molecule has 0 amide bonds. The van der Waals surface area contributed by atoms with Crippen LogP contribution in [-0.2, 0) is 11.3 Å². The number of halogens is 1. The van der Waals surface area contributed by atoms with Crippen LogP contribution in [0.4, 0.5) is 5.82 Å². The molecule has 1 aliphatic heterocycles. The Kier molecular flexibility index (Phi) is 6.74. The second-order valence-corrected chi connectivity index (χ2v) is 6.20. The number of nitrogens with zero attached hydrogens (tertiary/aromatic N) is 2. The molecule has 21 heavy (non-hydrogen) atoms. The molecular formula is C16H26ClN3O. The highest BCUT2D eigenvalue weighted by atomic mass is 35.5. The first-order valence-electron chi connectivity index (χ1n) is 7.84. The van der Waals surface area contributed by atoms with Gasteiger partial charge in [0.05, 0.1) is 11.6 Å². The second kappa shape index (κ2) is 8.57. The Balaban J connectivity index is 1.92. The summed E-state index contributed by atoms with van der Waals surface area (Å²) in [5, 5.41) is 4.09. The Labute approximate surface area is 132 Å². The van der Waals surface area contributed by atoms with Crippen LogP contribution in [0.5, 0.6) is 0 Å². The number of ether oxygens (including phenoxy) is 1. The zero-order valence-corrected chi connectivity index (χ0v) is 13.8. The van der Waals surface area contributed by atoms with E-state index in [0.717, 1.165) is 62.1 Å². The topological polar surface area (TPSA) is 37.4 Å². The van der Waals surface area contributed by atoms with E-state index in [1.165, 1.54) is 6.42 Å². The standard InChI is InChI=1S/C16H26ClN3O/c1-3-6-18-9-14-8-15(17)16(19-10-14)20(2)11-13-5-4-7-21-12-13/h8,10,13,18H,3-7,9,11-12H2,1-2H3. The first kappa shape index (κ1) is 16.5. The molecule has 0 bridgehead atoms. The van der Waals surface area contributed by atoms with Crippen molar-refractivity contribution in [2.45, 2.75) is 32.7 Å². The van der Waals surface area contributed by atoms with E-state index in [9.17, 15) is 0 Å². The molecule has 0 saturated carbocycles. The Morgan fingerprint density at radius 3 is 3.05 bits per heavy atom. The summed E-state index contributed by atoms with van der Waals surface area (Å²) in [5.41, 5.74) is 1.13. The molecule has 1 unspecified atom stereocenters. The first-order chi connectivity index (χ1) is 10.2. The molecule has 1 atom stereocenters. The molecular weight excluding hydrogens is 286 g/mol. The minimum Gasteiger partial charge on any atom is -0.381 e. The van der Waals surface area contributed by atoms with E-state index in [1.54, 1.807) is 0 Å². The van der Waals surface area contributed by atoms with Crippen LogP contribution in [0.2, 0.25) is 5.02 Å².